The third-order valence-electron chi connectivity index (χ3n) is 4.98. The van der Waals surface area contributed by atoms with E-state index in [9.17, 15) is 14.4 Å². The van der Waals surface area contributed by atoms with Gasteiger partial charge in [-0.1, -0.05) is 60.1 Å². The van der Waals surface area contributed by atoms with Gasteiger partial charge in [-0.2, -0.15) is 0 Å². The van der Waals surface area contributed by atoms with E-state index in [-0.39, 0.29) is 16.9 Å². The van der Waals surface area contributed by atoms with E-state index in [1.54, 1.807) is 12.3 Å². The summed E-state index contributed by atoms with van der Waals surface area (Å²) in [5.41, 5.74) is 1.36. The van der Waals surface area contributed by atoms with Crippen molar-refractivity contribution in [3.63, 3.8) is 0 Å². The van der Waals surface area contributed by atoms with Gasteiger partial charge < -0.3 is 14.6 Å². The molecule has 1 N–H and O–H groups in total. The molecule has 1 aromatic heterocycles. The summed E-state index contributed by atoms with van der Waals surface area (Å²) in [5.74, 6) is -0.966. The number of nitrogens with one attached hydrogen (secondary N) is 1. The molecule has 1 amide bonds. The van der Waals surface area contributed by atoms with Crippen molar-refractivity contribution in [1.29, 1.82) is 0 Å². The number of rotatable bonds is 7. The monoisotopic (exact) mass is 484 g/mol. The predicted molar refractivity (Wildman–Crippen MR) is 124 cm³/mol. The number of benzene rings is 2. The number of amides is 1. The maximum Gasteiger partial charge on any atom is 0.328 e. The van der Waals surface area contributed by atoms with Gasteiger partial charge in [-0.25, -0.2) is 4.79 Å². The van der Waals surface area contributed by atoms with Crippen LogP contribution in [-0.4, -0.2) is 29.6 Å². The zero-order valence-electron chi connectivity index (χ0n) is 17.7. The number of pyridine rings is 1. The molecule has 6 nitrogen and oxygen atoms in total. The Hall–Kier alpha value is -2.93. The second kappa shape index (κ2) is 9.92. The minimum absolute atomic E-state index is 0.0146. The van der Waals surface area contributed by atoms with E-state index in [0.29, 0.717) is 18.4 Å². The van der Waals surface area contributed by atoms with Crippen LogP contribution in [0.25, 0.3) is 10.9 Å². The van der Waals surface area contributed by atoms with Gasteiger partial charge in [0.2, 0.25) is 5.43 Å². The molecule has 3 rings (SSSR count). The van der Waals surface area contributed by atoms with Crippen LogP contribution in [0, 0.1) is 5.92 Å². The highest BCUT2D eigenvalue weighted by molar-refractivity contribution is 9.10. The fraction of sp³-hybridized carbons (Fsp3) is 0.292. The minimum atomic E-state index is -0.822. The standard InChI is InChI=1S/C24H25BrN2O4/c1-15(2)11-20(24(30)31-3)26-23(29)19-14-27(13-16-7-5-4-6-8-16)21-10-9-17(25)12-18(21)22(19)28/h4-10,12,14-15,20H,11,13H2,1-3H3,(H,26,29)/t20-/m0/s1. The molecule has 0 aliphatic carbocycles. The Bertz CT molecular complexity index is 1160. The summed E-state index contributed by atoms with van der Waals surface area (Å²) >= 11 is 3.41. The van der Waals surface area contributed by atoms with Crippen molar-refractivity contribution in [2.75, 3.05) is 7.11 Å². The number of carbonyl (C=O) groups excluding carboxylic acids is 2. The van der Waals surface area contributed by atoms with Gasteiger partial charge in [0.25, 0.3) is 5.91 Å². The summed E-state index contributed by atoms with van der Waals surface area (Å²) in [6, 6.07) is 14.4. The maximum absolute atomic E-state index is 13.2. The number of nitrogens with zero attached hydrogens (tertiary/aromatic N) is 1. The molecule has 0 saturated carbocycles. The Morgan fingerprint density at radius 2 is 1.84 bits per heavy atom. The highest BCUT2D eigenvalue weighted by Gasteiger charge is 2.25. The molecule has 0 radical (unpaired) electrons. The van der Waals surface area contributed by atoms with Crippen molar-refractivity contribution in [2.24, 2.45) is 5.92 Å². The van der Waals surface area contributed by atoms with Gasteiger partial charge in [-0.15, -0.1) is 0 Å². The van der Waals surface area contributed by atoms with Gasteiger partial charge in [0.15, 0.2) is 0 Å². The lowest BCUT2D eigenvalue weighted by Crippen LogP contribution is -2.43. The van der Waals surface area contributed by atoms with Crippen LogP contribution >= 0.6 is 15.9 Å². The van der Waals surface area contributed by atoms with Crippen LogP contribution in [-0.2, 0) is 16.1 Å². The molecule has 162 valence electrons. The van der Waals surface area contributed by atoms with Crippen LogP contribution in [0.2, 0.25) is 0 Å². The van der Waals surface area contributed by atoms with Crippen LogP contribution in [0.15, 0.2) is 64.0 Å². The van der Waals surface area contributed by atoms with Gasteiger partial charge in [0.1, 0.15) is 11.6 Å². The Labute approximate surface area is 189 Å². The number of methoxy groups -OCH3 is 1. The number of esters is 1. The number of halogens is 1. The Balaban J connectivity index is 2.06. The lowest BCUT2D eigenvalue weighted by molar-refractivity contribution is -0.143. The minimum Gasteiger partial charge on any atom is -0.467 e. The second-order valence-electron chi connectivity index (χ2n) is 7.83. The molecule has 1 heterocycles. The normalized spacial score (nSPS) is 12.0. The molecule has 0 fully saturated rings. The lowest BCUT2D eigenvalue weighted by Gasteiger charge is -2.19. The molecule has 0 aliphatic rings. The summed E-state index contributed by atoms with van der Waals surface area (Å²) in [6.45, 7) is 4.39. The molecular weight excluding hydrogens is 460 g/mol. The van der Waals surface area contributed by atoms with E-state index in [1.807, 2.05) is 60.9 Å². The van der Waals surface area contributed by atoms with Crippen LogP contribution in [0.3, 0.4) is 0 Å². The third-order valence-corrected chi connectivity index (χ3v) is 5.47. The molecule has 31 heavy (non-hydrogen) atoms. The molecule has 0 bridgehead atoms. The van der Waals surface area contributed by atoms with Gasteiger partial charge >= 0.3 is 5.97 Å². The van der Waals surface area contributed by atoms with E-state index < -0.39 is 17.9 Å². The van der Waals surface area contributed by atoms with E-state index in [2.05, 4.69) is 21.2 Å². The number of carbonyl (C=O) groups is 2. The zero-order chi connectivity index (χ0) is 22.5. The molecule has 0 saturated heterocycles. The van der Waals surface area contributed by atoms with Gasteiger partial charge in [-0.05, 0) is 36.1 Å². The number of hydrogen-bond acceptors (Lipinski definition) is 4. The number of aromatic nitrogens is 1. The van der Waals surface area contributed by atoms with Crippen molar-refractivity contribution < 1.29 is 14.3 Å². The van der Waals surface area contributed by atoms with Crippen LogP contribution in [0.5, 0.6) is 0 Å². The Kier molecular flexibility index (Phi) is 7.28. The summed E-state index contributed by atoms with van der Waals surface area (Å²) in [7, 11) is 1.28. The van der Waals surface area contributed by atoms with E-state index >= 15 is 0 Å². The van der Waals surface area contributed by atoms with E-state index in [4.69, 9.17) is 4.74 Å². The molecular formula is C24H25BrN2O4. The van der Waals surface area contributed by atoms with Gasteiger partial charge in [0.05, 0.1) is 12.6 Å². The fourth-order valence-corrected chi connectivity index (χ4v) is 3.87. The van der Waals surface area contributed by atoms with Crippen molar-refractivity contribution in [3.05, 3.63) is 80.6 Å². The average Bonchev–Trinajstić information content (AvgIpc) is 2.75. The van der Waals surface area contributed by atoms with E-state index in [0.717, 1.165) is 15.6 Å². The molecule has 7 heteroatoms. The van der Waals surface area contributed by atoms with Crippen molar-refractivity contribution in [2.45, 2.75) is 32.9 Å². The van der Waals surface area contributed by atoms with Gasteiger partial charge in [-0.3, -0.25) is 9.59 Å². The zero-order valence-corrected chi connectivity index (χ0v) is 19.3. The topological polar surface area (TPSA) is 77.4 Å². The fourth-order valence-electron chi connectivity index (χ4n) is 3.51. The largest absolute Gasteiger partial charge is 0.467 e. The number of fused-ring (bicyclic) bond motifs is 1. The van der Waals surface area contributed by atoms with Crippen molar-refractivity contribution in [3.8, 4) is 0 Å². The first-order valence-electron chi connectivity index (χ1n) is 10.1. The predicted octanol–water partition coefficient (Wildman–Crippen LogP) is 4.13. The first-order chi connectivity index (χ1) is 14.8. The van der Waals surface area contributed by atoms with Gasteiger partial charge in [0, 0.05) is 22.6 Å². The summed E-state index contributed by atoms with van der Waals surface area (Å²) in [4.78, 5) is 38.4. The summed E-state index contributed by atoms with van der Waals surface area (Å²) in [5, 5.41) is 3.12. The molecule has 1 atom stereocenters. The SMILES string of the molecule is COC(=O)[C@H](CC(C)C)NC(=O)c1cn(Cc2ccccc2)c2ccc(Br)cc2c1=O. The van der Waals surface area contributed by atoms with E-state index in [1.165, 1.54) is 7.11 Å². The Morgan fingerprint density at radius 3 is 2.48 bits per heavy atom. The first kappa shape index (κ1) is 22.7. The maximum atomic E-state index is 13.2. The summed E-state index contributed by atoms with van der Waals surface area (Å²) in [6.07, 6.45) is 1.97. The lowest BCUT2D eigenvalue weighted by atomic mass is 10.0. The first-order valence-corrected chi connectivity index (χ1v) is 10.8. The Morgan fingerprint density at radius 1 is 1.13 bits per heavy atom. The number of ether oxygens (including phenoxy) is 1. The molecule has 0 aliphatic heterocycles. The highest BCUT2D eigenvalue weighted by Crippen LogP contribution is 2.19. The molecule has 0 unspecified atom stereocenters. The van der Waals surface area contributed by atoms with Crippen LogP contribution in [0.4, 0.5) is 0 Å². The summed E-state index contributed by atoms with van der Waals surface area (Å²) < 4.78 is 7.45. The van der Waals surface area contributed by atoms with Crippen LogP contribution in [0.1, 0.15) is 36.2 Å². The van der Waals surface area contributed by atoms with Crippen molar-refractivity contribution >= 4 is 38.7 Å². The average molecular weight is 485 g/mol. The number of hydrogen-bond donors (Lipinski definition) is 1. The van der Waals surface area contributed by atoms with Crippen LogP contribution < -0.4 is 10.7 Å². The second-order valence-corrected chi connectivity index (χ2v) is 8.74. The molecule has 3 aromatic rings. The highest BCUT2D eigenvalue weighted by atomic mass is 79.9. The van der Waals surface area contributed by atoms with Crippen molar-refractivity contribution in [1.82, 2.24) is 9.88 Å². The third kappa shape index (κ3) is 5.41. The molecule has 2 aromatic carbocycles. The quantitative estimate of drug-likeness (QED) is 0.511. The molecule has 0 spiro atoms. The smallest absolute Gasteiger partial charge is 0.328 e.